The molecule has 4 heteroatoms. The van der Waals surface area contributed by atoms with Crippen molar-refractivity contribution in [2.75, 3.05) is 5.32 Å². The molecule has 0 spiro atoms. The third-order valence-corrected chi connectivity index (χ3v) is 2.63. The van der Waals surface area contributed by atoms with Gasteiger partial charge in [-0.3, -0.25) is 0 Å². The first-order valence-electron chi connectivity index (χ1n) is 5.58. The van der Waals surface area contributed by atoms with Gasteiger partial charge < -0.3 is 5.32 Å². The highest BCUT2D eigenvalue weighted by molar-refractivity contribution is 5.41. The highest BCUT2D eigenvalue weighted by Gasteiger charge is 2.10. The van der Waals surface area contributed by atoms with Crippen molar-refractivity contribution < 1.29 is 4.39 Å². The summed E-state index contributed by atoms with van der Waals surface area (Å²) in [7, 11) is 0. The molecule has 0 saturated carbocycles. The lowest BCUT2D eigenvalue weighted by Gasteiger charge is -2.15. The van der Waals surface area contributed by atoms with Crippen molar-refractivity contribution in [1.29, 1.82) is 5.26 Å². The van der Waals surface area contributed by atoms with Crippen molar-refractivity contribution in [2.24, 2.45) is 0 Å². The van der Waals surface area contributed by atoms with Gasteiger partial charge >= 0.3 is 0 Å². The summed E-state index contributed by atoms with van der Waals surface area (Å²) in [5.41, 5.74) is 1.09. The Bertz CT molecular complexity index is 572. The topological polar surface area (TPSA) is 48.7 Å². The van der Waals surface area contributed by atoms with Crippen LogP contribution in [-0.4, -0.2) is 4.98 Å². The Labute approximate surface area is 105 Å². The van der Waals surface area contributed by atoms with Crippen LogP contribution in [0.4, 0.5) is 10.2 Å². The van der Waals surface area contributed by atoms with Crippen LogP contribution in [-0.2, 0) is 0 Å². The fourth-order valence-electron chi connectivity index (χ4n) is 1.67. The van der Waals surface area contributed by atoms with Crippen LogP contribution in [0.25, 0.3) is 0 Å². The Morgan fingerprint density at radius 3 is 2.67 bits per heavy atom. The molecule has 0 saturated heterocycles. The van der Waals surface area contributed by atoms with Crippen LogP contribution in [0.3, 0.4) is 0 Å². The van der Waals surface area contributed by atoms with Crippen LogP contribution in [0, 0.1) is 17.1 Å². The van der Waals surface area contributed by atoms with Crippen LogP contribution in [0.2, 0.25) is 0 Å². The Morgan fingerprint density at radius 1 is 1.28 bits per heavy atom. The number of anilines is 1. The van der Waals surface area contributed by atoms with E-state index >= 15 is 0 Å². The van der Waals surface area contributed by atoms with Crippen molar-refractivity contribution in [3.05, 3.63) is 59.5 Å². The number of rotatable bonds is 3. The minimum absolute atomic E-state index is 0.188. The zero-order valence-corrected chi connectivity index (χ0v) is 9.89. The summed E-state index contributed by atoms with van der Waals surface area (Å²) in [5.74, 6) is 0.371. The minimum atomic E-state index is -0.244. The number of halogens is 1. The van der Waals surface area contributed by atoms with E-state index in [1.807, 2.05) is 13.0 Å². The van der Waals surface area contributed by atoms with Gasteiger partial charge in [-0.15, -0.1) is 0 Å². The number of pyridine rings is 1. The number of benzene rings is 1. The Kier molecular flexibility index (Phi) is 3.54. The molecule has 1 atom stereocenters. The lowest BCUT2D eigenvalue weighted by atomic mass is 10.1. The van der Waals surface area contributed by atoms with E-state index in [0.717, 1.165) is 0 Å². The standard InChI is InChI=1S/C14H12FN3/c1-10(12-4-2-3-5-13(12)15)18-14-7-6-11(8-16)9-17-14/h2-7,9-10H,1H3,(H,17,18)/t10-/m0/s1. The lowest BCUT2D eigenvalue weighted by Crippen LogP contribution is -2.09. The summed E-state index contributed by atoms with van der Waals surface area (Å²) in [6.45, 7) is 1.86. The second kappa shape index (κ2) is 5.28. The number of nitrogens with one attached hydrogen (secondary N) is 1. The third-order valence-electron chi connectivity index (χ3n) is 2.63. The summed E-state index contributed by atoms with van der Waals surface area (Å²) in [4.78, 5) is 4.09. The van der Waals surface area contributed by atoms with E-state index in [1.54, 1.807) is 30.3 Å². The Balaban J connectivity index is 2.14. The average Bonchev–Trinajstić information content (AvgIpc) is 2.40. The van der Waals surface area contributed by atoms with E-state index in [-0.39, 0.29) is 11.9 Å². The first kappa shape index (κ1) is 12.1. The molecule has 0 amide bonds. The van der Waals surface area contributed by atoms with E-state index in [2.05, 4.69) is 10.3 Å². The smallest absolute Gasteiger partial charge is 0.128 e. The molecule has 0 unspecified atom stereocenters. The van der Waals surface area contributed by atoms with Crippen LogP contribution < -0.4 is 5.32 Å². The summed E-state index contributed by atoms with van der Waals surface area (Å²) in [5, 5.41) is 11.8. The normalized spacial score (nSPS) is 11.6. The average molecular weight is 241 g/mol. The van der Waals surface area contributed by atoms with E-state index in [4.69, 9.17) is 5.26 Å². The van der Waals surface area contributed by atoms with Gasteiger partial charge in [-0.25, -0.2) is 9.37 Å². The van der Waals surface area contributed by atoms with Gasteiger partial charge in [0, 0.05) is 11.8 Å². The highest BCUT2D eigenvalue weighted by Crippen LogP contribution is 2.20. The van der Waals surface area contributed by atoms with Crippen molar-refractivity contribution >= 4 is 5.82 Å². The fourth-order valence-corrected chi connectivity index (χ4v) is 1.67. The molecule has 0 radical (unpaired) electrons. The quantitative estimate of drug-likeness (QED) is 0.897. The van der Waals surface area contributed by atoms with Crippen molar-refractivity contribution in [2.45, 2.75) is 13.0 Å². The van der Waals surface area contributed by atoms with Gasteiger partial charge in [-0.1, -0.05) is 18.2 Å². The summed E-state index contributed by atoms with van der Waals surface area (Å²) in [6.07, 6.45) is 1.48. The van der Waals surface area contributed by atoms with Crippen LogP contribution in [0.1, 0.15) is 24.1 Å². The largest absolute Gasteiger partial charge is 0.363 e. The molecule has 0 fully saturated rings. The predicted molar refractivity (Wildman–Crippen MR) is 67.4 cm³/mol. The van der Waals surface area contributed by atoms with Crippen LogP contribution in [0.15, 0.2) is 42.6 Å². The molecule has 18 heavy (non-hydrogen) atoms. The lowest BCUT2D eigenvalue weighted by molar-refractivity contribution is 0.600. The summed E-state index contributed by atoms with van der Waals surface area (Å²) >= 11 is 0. The molecule has 0 aliphatic rings. The summed E-state index contributed by atoms with van der Waals surface area (Å²) < 4.78 is 13.6. The third kappa shape index (κ3) is 2.64. The van der Waals surface area contributed by atoms with Crippen LogP contribution >= 0.6 is 0 Å². The number of nitrogens with zero attached hydrogens (tertiary/aromatic N) is 2. The SMILES string of the molecule is C[C@H](Nc1ccc(C#N)cn1)c1ccccc1F. The Hall–Kier alpha value is -2.41. The minimum Gasteiger partial charge on any atom is -0.363 e. The first-order chi connectivity index (χ1) is 8.70. The van der Waals surface area contributed by atoms with Crippen molar-refractivity contribution in [3.63, 3.8) is 0 Å². The number of hydrogen-bond donors (Lipinski definition) is 1. The van der Waals surface area contributed by atoms with E-state index in [0.29, 0.717) is 16.9 Å². The molecule has 1 N–H and O–H groups in total. The molecule has 1 aromatic carbocycles. The molecule has 2 aromatic rings. The van der Waals surface area contributed by atoms with Gasteiger partial charge in [0.15, 0.2) is 0 Å². The first-order valence-corrected chi connectivity index (χ1v) is 5.58. The molecule has 2 rings (SSSR count). The molecule has 0 bridgehead atoms. The Morgan fingerprint density at radius 2 is 2.06 bits per heavy atom. The highest BCUT2D eigenvalue weighted by atomic mass is 19.1. The second-order valence-corrected chi connectivity index (χ2v) is 3.93. The van der Waals surface area contributed by atoms with Gasteiger partial charge in [0.25, 0.3) is 0 Å². The molecular formula is C14H12FN3. The molecule has 0 aliphatic heterocycles. The van der Waals surface area contributed by atoms with Gasteiger partial charge in [0.05, 0.1) is 11.6 Å². The van der Waals surface area contributed by atoms with Gasteiger partial charge in [0.2, 0.25) is 0 Å². The number of aromatic nitrogens is 1. The number of hydrogen-bond acceptors (Lipinski definition) is 3. The predicted octanol–water partition coefficient (Wildman–Crippen LogP) is 3.27. The molecule has 0 aliphatic carbocycles. The van der Waals surface area contributed by atoms with E-state index in [1.165, 1.54) is 12.3 Å². The van der Waals surface area contributed by atoms with E-state index < -0.39 is 0 Å². The van der Waals surface area contributed by atoms with Gasteiger partial charge in [0.1, 0.15) is 17.7 Å². The molecule has 1 heterocycles. The molecule has 90 valence electrons. The molecule has 1 aromatic heterocycles. The van der Waals surface area contributed by atoms with E-state index in [9.17, 15) is 4.39 Å². The number of nitriles is 1. The zero-order valence-electron chi connectivity index (χ0n) is 9.89. The zero-order chi connectivity index (χ0) is 13.0. The van der Waals surface area contributed by atoms with Crippen molar-refractivity contribution in [3.8, 4) is 6.07 Å². The second-order valence-electron chi connectivity index (χ2n) is 3.93. The van der Waals surface area contributed by atoms with Crippen LogP contribution in [0.5, 0.6) is 0 Å². The van der Waals surface area contributed by atoms with Crippen molar-refractivity contribution in [1.82, 2.24) is 4.98 Å². The fraction of sp³-hybridized carbons (Fsp3) is 0.143. The molecule has 3 nitrogen and oxygen atoms in total. The maximum atomic E-state index is 13.6. The van der Waals surface area contributed by atoms with Gasteiger partial charge in [-0.05, 0) is 25.1 Å². The maximum Gasteiger partial charge on any atom is 0.128 e. The van der Waals surface area contributed by atoms with Gasteiger partial charge in [-0.2, -0.15) is 5.26 Å². The molecular weight excluding hydrogens is 229 g/mol. The maximum absolute atomic E-state index is 13.6. The monoisotopic (exact) mass is 241 g/mol. The summed E-state index contributed by atoms with van der Waals surface area (Å²) in [6, 6.07) is 11.8.